The molecule has 0 unspecified atom stereocenters. The highest BCUT2D eigenvalue weighted by Gasteiger charge is 2.29. The van der Waals surface area contributed by atoms with Crippen LogP contribution < -0.4 is 9.11 Å². The fourth-order valence-electron chi connectivity index (χ4n) is 4.55. The number of sulfonamides is 1. The second-order valence-corrected chi connectivity index (χ2v) is 11.9. The van der Waals surface area contributed by atoms with Crippen LogP contribution in [0.25, 0.3) is 10.2 Å². The minimum Gasteiger partial charge on any atom is -0.465 e. The van der Waals surface area contributed by atoms with Gasteiger partial charge < -0.3 is 9.30 Å². The van der Waals surface area contributed by atoms with Crippen molar-refractivity contribution in [2.75, 3.05) is 17.5 Å². The van der Waals surface area contributed by atoms with E-state index >= 15 is 0 Å². The summed E-state index contributed by atoms with van der Waals surface area (Å²) in [6.45, 7) is 4.29. The molecule has 1 aliphatic rings. The maximum Gasteiger partial charge on any atom is 0.326 e. The van der Waals surface area contributed by atoms with Crippen LogP contribution in [0, 0.1) is 6.92 Å². The molecular weight excluding hydrogens is 522 g/mol. The Morgan fingerprint density at radius 3 is 2.58 bits per heavy atom. The van der Waals surface area contributed by atoms with Gasteiger partial charge in [0.15, 0.2) is 4.80 Å². The van der Waals surface area contributed by atoms with Crippen LogP contribution in [-0.2, 0) is 32.5 Å². The molecule has 0 atom stereocenters. The molecule has 0 aliphatic carbocycles. The van der Waals surface area contributed by atoms with Crippen molar-refractivity contribution < 1.29 is 22.7 Å². The van der Waals surface area contributed by atoms with Crippen molar-refractivity contribution in [3.8, 4) is 0 Å². The lowest BCUT2D eigenvalue weighted by molar-refractivity contribution is -0.143. The summed E-state index contributed by atoms with van der Waals surface area (Å²) >= 11 is 1.31. The van der Waals surface area contributed by atoms with E-state index in [4.69, 9.17) is 4.74 Å². The highest BCUT2D eigenvalue weighted by Crippen LogP contribution is 2.31. The average Bonchev–Trinajstić information content (AvgIpc) is 3.23. The van der Waals surface area contributed by atoms with Crippen LogP contribution in [0.15, 0.2) is 76.6 Å². The number of anilines is 1. The topological polar surface area (TPSA) is 98.0 Å². The third-order valence-electron chi connectivity index (χ3n) is 6.38. The SMILES string of the molecule is CCOC(=O)Cn1c(=NC(=O)c2ccc(S(=O)(=O)N3CCCc4ccccc43)cc2)sc2cc(C)ccc21. The van der Waals surface area contributed by atoms with Gasteiger partial charge in [-0.2, -0.15) is 4.99 Å². The Hall–Kier alpha value is -3.76. The Kier molecular flexibility index (Phi) is 7.18. The van der Waals surface area contributed by atoms with Crippen molar-refractivity contribution in [1.29, 1.82) is 0 Å². The van der Waals surface area contributed by atoms with Gasteiger partial charge in [0.25, 0.3) is 15.9 Å². The van der Waals surface area contributed by atoms with Gasteiger partial charge in [0.05, 0.1) is 27.4 Å². The van der Waals surface area contributed by atoms with Gasteiger partial charge in [-0.1, -0.05) is 35.6 Å². The Bertz CT molecular complexity index is 1700. The average molecular weight is 550 g/mol. The van der Waals surface area contributed by atoms with Crippen molar-refractivity contribution in [1.82, 2.24) is 4.57 Å². The minimum absolute atomic E-state index is 0.0719. The van der Waals surface area contributed by atoms with Crippen LogP contribution in [0.4, 0.5) is 5.69 Å². The lowest BCUT2D eigenvalue weighted by atomic mass is 10.0. The fraction of sp³-hybridized carbons (Fsp3) is 0.250. The monoisotopic (exact) mass is 549 g/mol. The van der Waals surface area contributed by atoms with E-state index in [2.05, 4.69) is 4.99 Å². The number of esters is 1. The maximum absolute atomic E-state index is 13.4. The van der Waals surface area contributed by atoms with Crippen molar-refractivity contribution in [2.45, 2.75) is 38.1 Å². The van der Waals surface area contributed by atoms with Crippen molar-refractivity contribution in [2.24, 2.45) is 4.99 Å². The number of aromatic nitrogens is 1. The number of nitrogens with zero attached hydrogens (tertiary/aromatic N) is 3. The quantitative estimate of drug-likeness (QED) is 0.331. The molecule has 4 aromatic rings. The number of hydrogen-bond acceptors (Lipinski definition) is 6. The van der Waals surface area contributed by atoms with Crippen LogP contribution >= 0.6 is 11.3 Å². The summed E-state index contributed by atoms with van der Waals surface area (Å²) in [4.78, 5) is 30.1. The number of carbonyl (C=O) groups is 2. The van der Waals surface area contributed by atoms with E-state index in [0.29, 0.717) is 17.0 Å². The number of amides is 1. The summed E-state index contributed by atoms with van der Waals surface area (Å²) in [6.07, 6.45) is 1.58. The van der Waals surface area contributed by atoms with Crippen LogP contribution in [0.3, 0.4) is 0 Å². The number of para-hydroxylation sites is 1. The van der Waals surface area contributed by atoms with Gasteiger partial charge in [0.2, 0.25) is 0 Å². The van der Waals surface area contributed by atoms with Crippen molar-refractivity contribution >= 4 is 49.1 Å². The predicted octanol–water partition coefficient (Wildman–Crippen LogP) is 4.46. The molecule has 1 amide bonds. The van der Waals surface area contributed by atoms with Crippen molar-refractivity contribution in [3.05, 3.63) is 88.2 Å². The molecule has 196 valence electrons. The molecule has 0 fully saturated rings. The second-order valence-electron chi connectivity index (χ2n) is 9.00. The molecule has 1 aliphatic heterocycles. The molecule has 8 nitrogen and oxygen atoms in total. The maximum atomic E-state index is 13.4. The van der Waals surface area contributed by atoms with Gasteiger partial charge in [-0.25, -0.2) is 8.42 Å². The number of hydrogen-bond donors (Lipinski definition) is 0. The lowest BCUT2D eigenvalue weighted by Crippen LogP contribution is -2.35. The molecule has 3 aromatic carbocycles. The standard InChI is InChI=1S/C28H27N3O5S2/c1-3-36-26(32)18-30-24-15-10-19(2)17-25(24)37-28(30)29-27(33)21-11-13-22(14-12-21)38(34,35)31-16-6-8-20-7-4-5-9-23(20)31/h4-5,7,9-15,17H,3,6,8,16,18H2,1-2H3. The molecular formula is C28H27N3O5S2. The number of fused-ring (bicyclic) bond motifs is 2. The van der Waals surface area contributed by atoms with E-state index in [1.54, 1.807) is 11.5 Å². The zero-order valence-corrected chi connectivity index (χ0v) is 22.7. The van der Waals surface area contributed by atoms with Crippen molar-refractivity contribution in [3.63, 3.8) is 0 Å². The largest absolute Gasteiger partial charge is 0.465 e. The molecule has 0 bridgehead atoms. The number of rotatable bonds is 6. The van der Waals surface area contributed by atoms with Crippen LogP contribution in [-0.4, -0.2) is 38.0 Å². The first-order chi connectivity index (χ1) is 18.3. The summed E-state index contributed by atoms with van der Waals surface area (Å²) in [6, 6.07) is 19.1. The van der Waals surface area contributed by atoms with E-state index in [0.717, 1.165) is 34.2 Å². The third kappa shape index (κ3) is 5.01. The van der Waals surface area contributed by atoms with Gasteiger partial charge in [-0.05, 0) is 80.3 Å². The highest BCUT2D eigenvalue weighted by atomic mass is 32.2. The van der Waals surface area contributed by atoms with E-state index in [1.165, 1.54) is 39.9 Å². The minimum atomic E-state index is -3.79. The number of carbonyl (C=O) groups excluding carboxylic acids is 2. The molecule has 10 heteroatoms. The van der Waals surface area contributed by atoms with E-state index in [9.17, 15) is 18.0 Å². The summed E-state index contributed by atoms with van der Waals surface area (Å²) in [5, 5.41) is 0. The van der Waals surface area contributed by atoms with Crippen LogP contribution in [0.2, 0.25) is 0 Å². The van der Waals surface area contributed by atoms with E-state index < -0.39 is 21.9 Å². The molecule has 0 N–H and O–H groups in total. The van der Waals surface area contributed by atoms with E-state index in [1.807, 2.05) is 49.4 Å². The lowest BCUT2D eigenvalue weighted by Gasteiger charge is -2.30. The van der Waals surface area contributed by atoms with Gasteiger partial charge in [0, 0.05) is 12.1 Å². The number of ether oxygens (including phenoxy) is 1. The molecule has 2 heterocycles. The molecule has 0 radical (unpaired) electrons. The summed E-state index contributed by atoms with van der Waals surface area (Å²) in [5.74, 6) is -0.950. The predicted molar refractivity (Wildman–Crippen MR) is 147 cm³/mol. The summed E-state index contributed by atoms with van der Waals surface area (Å²) in [7, 11) is -3.79. The molecule has 0 saturated carbocycles. The summed E-state index contributed by atoms with van der Waals surface area (Å²) < 4.78 is 35.9. The van der Waals surface area contributed by atoms with Crippen LogP contribution in [0.1, 0.15) is 34.8 Å². The van der Waals surface area contributed by atoms with Gasteiger partial charge >= 0.3 is 5.97 Å². The molecule has 38 heavy (non-hydrogen) atoms. The number of benzene rings is 3. The first-order valence-corrected chi connectivity index (χ1v) is 14.6. The van der Waals surface area contributed by atoms with Gasteiger partial charge in [0.1, 0.15) is 6.54 Å². The third-order valence-corrected chi connectivity index (χ3v) is 9.25. The Morgan fingerprint density at radius 2 is 1.82 bits per heavy atom. The Labute approximate surface area is 224 Å². The summed E-state index contributed by atoms with van der Waals surface area (Å²) in [5.41, 5.74) is 3.78. The highest BCUT2D eigenvalue weighted by molar-refractivity contribution is 7.92. The fourth-order valence-corrected chi connectivity index (χ4v) is 7.22. The molecule has 0 spiro atoms. The zero-order valence-electron chi connectivity index (χ0n) is 21.1. The normalized spacial score (nSPS) is 13.9. The molecule has 0 saturated heterocycles. The second kappa shape index (κ2) is 10.5. The van der Waals surface area contributed by atoms with Gasteiger partial charge in [-0.15, -0.1) is 0 Å². The van der Waals surface area contributed by atoms with Crippen LogP contribution in [0.5, 0.6) is 0 Å². The van der Waals surface area contributed by atoms with E-state index in [-0.39, 0.29) is 23.6 Å². The zero-order chi connectivity index (χ0) is 26.9. The molecule has 5 rings (SSSR count). The van der Waals surface area contributed by atoms with Gasteiger partial charge in [-0.3, -0.25) is 13.9 Å². The smallest absolute Gasteiger partial charge is 0.326 e. The Balaban J connectivity index is 1.46. The first-order valence-electron chi connectivity index (χ1n) is 12.3. The number of thiazole rings is 1. The first kappa shape index (κ1) is 25.9. The number of aryl methyl sites for hydroxylation is 2. The Morgan fingerprint density at radius 1 is 1.05 bits per heavy atom. The molecule has 1 aromatic heterocycles.